The Hall–Kier alpha value is -4.28. The van der Waals surface area contributed by atoms with Gasteiger partial charge in [0.05, 0.1) is 15.3 Å². The molecule has 20 heteroatoms. The van der Waals surface area contributed by atoms with Crippen LogP contribution < -0.4 is 15.3 Å². The van der Waals surface area contributed by atoms with Crippen LogP contribution >= 0.6 is 7.14 Å². The molecule has 1 heterocycles. The second-order valence-corrected chi connectivity index (χ2v) is 11.1. The van der Waals surface area contributed by atoms with Crippen LogP contribution in [-0.4, -0.2) is 44.9 Å². The van der Waals surface area contributed by atoms with E-state index >= 15 is 0 Å². The van der Waals surface area contributed by atoms with Crippen LogP contribution in [-0.2, 0) is 14.2 Å². The molecular weight excluding hydrogens is 762 g/mol. The van der Waals surface area contributed by atoms with Gasteiger partial charge in [0.15, 0.2) is 19.0 Å². The van der Waals surface area contributed by atoms with Crippen LogP contribution in [0.2, 0.25) is 0 Å². The van der Waals surface area contributed by atoms with Gasteiger partial charge < -0.3 is 65.4 Å². The van der Waals surface area contributed by atoms with Crippen LogP contribution in [0.3, 0.4) is 0 Å². The van der Waals surface area contributed by atoms with Crippen molar-refractivity contribution in [1.82, 2.24) is 4.90 Å². The number of likely N-dealkylation sites (N-methyl/N-ethyl adjacent to an activating group) is 1. The van der Waals surface area contributed by atoms with E-state index in [1.54, 1.807) is 71.6 Å². The van der Waals surface area contributed by atoms with Gasteiger partial charge in [0.1, 0.15) is 5.78 Å². The molecular formula is C26H31N5O13PPr. The zero-order valence-electron chi connectivity index (χ0n) is 25.1. The molecule has 0 aliphatic rings. The van der Waals surface area contributed by atoms with E-state index in [1.165, 1.54) is 20.0 Å². The Morgan fingerprint density at radius 1 is 0.717 bits per heavy atom. The second-order valence-electron chi connectivity index (χ2n) is 8.27. The third-order valence-corrected chi connectivity index (χ3v) is 8.43. The van der Waals surface area contributed by atoms with Crippen LogP contribution in [0.1, 0.15) is 39.0 Å². The summed E-state index contributed by atoms with van der Waals surface area (Å²) in [5, 5.41) is 58.1. The maximum absolute atomic E-state index is 14.8. The van der Waals surface area contributed by atoms with Gasteiger partial charge in [-0.05, 0) is 33.8 Å². The van der Waals surface area contributed by atoms with Gasteiger partial charge in [-0.15, -0.1) is 0 Å². The number of Topliss-reactive ketones (excluding diaryl/α,β-unsaturated/α-hetero) is 1. The fourth-order valence-corrected chi connectivity index (χ4v) is 6.75. The molecule has 1 atom stereocenters. The van der Waals surface area contributed by atoms with Gasteiger partial charge in [0, 0.05) is 35.8 Å². The fourth-order valence-electron chi connectivity index (χ4n) is 3.58. The molecule has 0 N–H and O–H groups in total. The number of hydrogen-bond acceptors (Lipinski definition) is 13. The van der Waals surface area contributed by atoms with Crippen molar-refractivity contribution in [1.29, 1.82) is 0 Å². The molecule has 3 aromatic rings. The van der Waals surface area contributed by atoms with Crippen LogP contribution in [0.25, 0.3) is 0 Å². The predicted octanol–water partition coefficient (Wildman–Crippen LogP) is 3.12. The SMILES string of the molecule is CC(C)=O.CCN(CC)C(=O)[C@@H](c1cccc[n+]1[O-])P(=O)(c1ccccc1)c1ccccc1.O=[N+]([O-])[O-].O=[N+]([O-])[O-].O=[N+]([O-])[O-].[Pr+3]. The molecule has 0 aliphatic heterocycles. The second kappa shape index (κ2) is 25.0. The number of pyridine rings is 1. The molecule has 3 rings (SSSR count). The van der Waals surface area contributed by atoms with Crippen molar-refractivity contribution in [3.63, 3.8) is 0 Å². The zero-order valence-corrected chi connectivity index (χ0v) is 29.7. The minimum atomic E-state index is -3.53. The zero-order chi connectivity index (χ0) is 35.2. The van der Waals surface area contributed by atoms with E-state index in [9.17, 15) is 19.4 Å². The first-order chi connectivity index (χ1) is 21.0. The summed E-state index contributed by atoms with van der Waals surface area (Å²) in [7, 11) is -3.53. The molecule has 0 unspecified atom stereocenters. The first-order valence-electron chi connectivity index (χ1n) is 12.6. The maximum atomic E-state index is 14.8. The van der Waals surface area contributed by atoms with Gasteiger partial charge in [0.2, 0.25) is 11.6 Å². The number of hydrogen-bond donors (Lipinski definition) is 0. The fraction of sp³-hybridized carbons (Fsp3) is 0.269. The molecule has 246 valence electrons. The number of rotatable bonds is 7. The maximum Gasteiger partial charge on any atom is 3.00 e. The number of aromatic nitrogens is 1. The number of amides is 1. The Kier molecular flexibility index (Phi) is 25.1. The first-order valence-corrected chi connectivity index (χ1v) is 14.3. The van der Waals surface area contributed by atoms with Crippen LogP contribution in [0, 0.1) is 92.5 Å². The minimum Gasteiger partial charge on any atom is -0.618 e. The van der Waals surface area contributed by atoms with Crippen molar-refractivity contribution in [2.75, 3.05) is 13.1 Å². The summed E-state index contributed by atoms with van der Waals surface area (Å²) >= 11 is 0. The summed E-state index contributed by atoms with van der Waals surface area (Å²) in [4.78, 5) is 49.5. The Balaban J connectivity index is -0.000000907. The molecule has 0 bridgehead atoms. The first kappa shape index (κ1) is 46.1. The number of benzene rings is 2. The van der Waals surface area contributed by atoms with E-state index in [0.717, 1.165) is 0 Å². The van der Waals surface area contributed by atoms with Crippen molar-refractivity contribution < 1.29 is 75.4 Å². The summed E-state index contributed by atoms with van der Waals surface area (Å²) in [6, 6.07) is 22.9. The number of carbonyl (C=O) groups is 2. The number of ketones is 1. The van der Waals surface area contributed by atoms with Crippen molar-refractivity contribution in [2.24, 2.45) is 0 Å². The monoisotopic (exact) mass is 793 g/mol. The normalized spacial score (nSPS) is 9.91. The molecule has 46 heavy (non-hydrogen) atoms. The summed E-state index contributed by atoms with van der Waals surface area (Å²) in [5.74, 6) is -0.137. The standard InChI is InChI=1S/C23H25N2O3P.C3H6O.3NO3.Pr/c1-3-24(4-2)23(26)22(21-17-11-12-18-25(21)27)29(28,19-13-7-5-8-14-19)20-15-9-6-10-16-20;1-3(2)4;3*2-1(3)4;/h5-18,22H,3-4H2,1-2H3;1-2H3;;;;/q;;3*-1;+3/t22-;;;;;/m1...../s1. The molecule has 18 nitrogen and oxygen atoms in total. The van der Waals surface area contributed by atoms with Crippen LogP contribution in [0.4, 0.5) is 0 Å². The summed E-state index contributed by atoms with van der Waals surface area (Å²) in [5.41, 5.74) is -0.911. The molecule has 1 aromatic heterocycles. The van der Waals surface area contributed by atoms with Gasteiger partial charge >= 0.3 is 41.3 Å². The van der Waals surface area contributed by atoms with E-state index in [2.05, 4.69) is 0 Å². The van der Waals surface area contributed by atoms with E-state index in [1.807, 2.05) is 26.0 Å². The van der Waals surface area contributed by atoms with E-state index < -0.39 is 28.1 Å². The molecule has 0 fully saturated rings. The molecule has 1 amide bonds. The molecule has 0 saturated carbocycles. The predicted molar refractivity (Wildman–Crippen MR) is 163 cm³/mol. The third kappa shape index (κ3) is 18.5. The minimum absolute atomic E-state index is 0. The molecule has 0 spiro atoms. The summed E-state index contributed by atoms with van der Waals surface area (Å²) in [6.07, 6.45) is 1.35. The molecule has 0 saturated heterocycles. The third-order valence-electron chi connectivity index (χ3n) is 5.09. The van der Waals surface area contributed by atoms with Crippen molar-refractivity contribution in [2.45, 2.75) is 33.4 Å². The Morgan fingerprint density at radius 3 is 1.30 bits per heavy atom. The smallest absolute Gasteiger partial charge is 0.618 e. The Labute approximate surface area is 296 Å². The number of nitrogens with zero attached hydrogens (tertiary/aromatic N) is 5. The van der Waals surface area contributed by atoms with E-state index in [4.69, 9.17) is 46.0 Å². The summed E-state index contributed by atoms with van der Waals surface area (Å²) in [6.45, 7) is 7.76. The topological polar surface area (TPSA) is 280 Å². The van der Waals surface area contributed by atoms with Gasteiger partial charge in [0.25, 0.3) is 0 Å². The van der Waals surface area contributed by atoms with Crippen LogP contribution in [0.5, 0.6) is 0 Å². The van der Waals surface area contributed by atoms with Crippen LogP contribution in [0.15, 0.2) is 85.1 Å². The van der Waals surface area contributed by atoms with Gasteiger partial charge in [-0.2, -0.15) is 4.73 Å². The van der Waals surface area contributed by atoms with Crippen molar-refractivity contribution in [3.8, 4) is 0 Å². The van der Waals surface area contributed by atoms with Crippen molar-refractivity contribution in [3.05, 3.63) is 142 Å². The largest absolute Gasteiger partial charge is 3.00 e. The van der Waals surface area contributed by atoms with Gasteiger partial charge in [-0.3, -0.25) is 4.79 Å². The van der Waals surface area contributed by atoms with Gasteiger partial charge in [-0.1, -0.05) is 60.7 Å². The molecule has 0 radical (unpaired) electrons. The molecule has 0 aliphatic carbocycles. The quantitative estimate of drug-likeness (QED) is 0.109. The van der Waals surface area contributed by atoms with Crippen molar-refractivity contribution >= 4 is 29.4 Å². The van der Waals surface area contributed by atoms with E-state index in [-0.39, 0.29) is 58.7 Å². The number of carbonyl (C=O) groups excluding carboxylic acids is 2. The van der Waals surface area contributed by atoms with Gasteiger partial charge in [-0.25, -0.2) is 0 Å². The Bertz CT molecular complexity index is 1310. The Morgan fingerprint density at radius 2 is 1.02 bits per heavy atom. The average Bonchev–Trinajstić information content (AvgIpc) is 2.94. The average molecular weight is 793 g/mol. The summed E-state index contributed by atoms with van der Waals surface area (Å²) < 4.78 is 15.5. The van der Waals surface area contributed by atoms with E-state index in [0.29, 0.717) is 28.4 Å². The molecule has 2 aromatic carbocycles.